The van der Waals surface area contributed by atoms with Gasteiger partial charge in [0.15, 0.2) is 4.77 Å². The molecule has 4 aromatic rings. The number of aromatic amines is 1. The Hall–Kier alpha value is -3.19. The molecule has 2 heterocycles. The van der Waals surface area contributed by atoms with Crippen molar-refractivity contribution in [1.82, 2.24) is 19.3 Å². The summed E-state index contributed by atoms with van der Waals surface area (Å²) in [5.41, 5.74) is 3.99. The number of hydrogen-bond donors (Lipinski definition) is 1. The third kappa shape index (κ3) is 3.03. The highest BCUT2D eigenvalue weighted by atomic mass is 32.1. The second-order valence-corrected chi connectivity index (χ2v) is 7.03. The van der Waals surface area contributed by atoms with E-state index < -0.39 is 0 Å². The number of nitrogens with zero attached hydrogens (tertiary/aromatic N) is 3. The quantitative estimate of drug-likeness (QED) is 0.535. The van der Waals surface area contributed by atoms with Crippen molar-refractivity contribution < 1.29 is 4.74 Å². The van der Waals surface area contributed by atoms with Gasteiger partial charge in [-0.2, -0.15) is 5.10 Å². The molecule has 0 radical (unpaired) electrons. The average molecular weight is 392 g/mol. The van der Waals surface area contributed by atoms with Crippen LogP contribution in [0.1, 0.15) is 17.0 Å². The van der Waals surface area contributed by atoms with Crippen LogP contribution in [-0.4, -0.2) is 26.4 Å². The summed E-state index contributed by atoms with van der Waals surface area (Å²) in [5.74, 6) is 0.799. The van der Waals surface area contributed by atoms with Gasteiger partial charge in [-0.1, -0.05) is 24.3 Å². The first-order valence-electron chi connectivity index (χ1n) is 8.91. The number of hydrogen-bond acceptors (Lipinski definition) is 4. The number of para-hydroxylation sites is 1. The van der Waals surface area contributed by atoms with Crippen molar-refractivity contribution in [3.8, 4) is 11.4 Å². The highest BCUT2D eigenvalue weighted by molar-refractivity contribution is 7.71. The molecule has 7 heteroatoms. The number of nitrogens with one attached hydrogen (secondary N) is 1. The first kappa shape index (κ1) is 18.2. The summed E-state index contributed by atoms with van der Waals surface area (Å²) in [5, 5.41) is 5.25. The number of aryl methyl sites for hydroxylation is 1. The lowest BCUT2D eigenvalue weighted by molar-refractivity contribution is 0.414. The maximum Gasteiger partial charge on any atom is 0.266 e. The molecule has 28 heavy (non-hydrogen) atoms. The smallest absolute Gasteiger partial charge is 0.266 e. The molecule has 0 aliphatic heterocycles. The molecule has 6 nitrogen and oxygen atoms in total. The molecule has 0 amide bonds. The second-order valence-electron chi connectivity index (χ2n) is 6.64. The summed E-state index contributed by atoms with van der Waals surface area (Å²) in [6.07, 6.45) is 0. The zero-order chi connectivity index (χ0) is 19.8. The van der Waals surface area contributed by atoms with Crippen LogP contribution in [0.5, 0.6) is 5.75 Å². The van der Waals surface area contributed by atoms with Gasteiger partial charge in [0, 0.05) is 0 Å². The first-order valence-corrected chi connectivity index (χ1v) is 9.32. The molecule has 0 aliphatic carbocycles. The maximum atomic E-state index is 13.1. The van der Waals surface area contributed by atoms with Crippen LogP contribution in [0.4, 0.5) is 0 Å². The van der Waals surface area contributed by atoms with Gasteiger partial charge in [-0.05, 0) is 55.9 Å². The molecule has 0 aliphatic rings. The molecule has 0 atom stereocenters. The number of methoxy groups -OCH3 is 1. The molecule has 2 aromatic heterocycles. The highest BCUT2D eigenvalue weighted by Crippen LogP contribution is 2.21. The highest BCUT2D eigenvalue weighted by Gasteiger charge is 2.17. The van der Waals surface area contributed by atoms with Crippen molar-refractivity contribution in [3.05, 3.63) is 80.6 Å². The molecule has 0 fully saturated rings. The van der Waals surface area contributed by atoms with Gasteiger partial charge in [-0.25, -0.2) is 4.57 Å². The van der Waals surface area contributed by atoms with Crippen LogP contribution in [-0.2, 0) is 6.54 Å². The van der Waals surface area contributed by atoms with E-state index in [4.69, 9.17) is 17.0 Å². The van der Waals surface area contributed by atoms with Gasteiger partial charge in [0.25, 0.3) is 5.56 Å². The van der Waals surface area contributed by atoms with Gasteiger partial charge in [0.2, 0.25) is 0 Å². The predicted octanol–water partition coefficient (Wildman–Crippen LogP) is 3.92. The van der Waals surface area contributed by atoms with E-state index in [-0.39, 0.29) is 5.56 Å². The van der Waals surface area contributed by atoms with Crippen molar-refractivity contribution in [3.63, 3.8) is 0 Å². The fourth-order valence-corrected chi connectivity index (χ4v) is 3.76. The molecular weight excluding hydrogens is 372 g/mol. The molecule has 142 valence electrons. The van der Waals surface area contributed by atoms with Gasteiger partial charge in [0.1, 0.15) is 5.75 Å². The molecular formula is C21H20N4O2S. The van der Waals surface area contributed by atoms with Gasteiger partial charge in [-0.3, -0.25) is 9.48 Å². The topological polar surface area (TPSA) is 64.8 Å². The Morgan fingerprint density at radius 1 is 1.14 bits per heavy atom. The van der Waals surface area contributed by atoms with Crippen LogP contribution in [0, 0.1) is 18.6 Å². The third-order valence-electron chi connectivity index (χ3n) is 4.84. The third-order valence-corrected chi connectivity index (χ3v) is 5.12. The Morgan fingerprint density at radius 3 is 2.71 bits per heavy atom. The number of benzene rings is 2. The molecule has 4 rings (SSSR count). The molecule has 1 N–H and O–H groups in total. The van der Waals surface area contributed by atoms with E-state index in [1.165, 1.54) is 4.57 Å². The number of fused-ring (bicyclic) bond motifs is 1. The van der Waals surface area contributed by atoms with Gasteiger partial charge >= 0.3 is 0 Å². The zero-order valence-electron chi connectivity index (χ0n) is 15.9. The van der Waals surface area contributed by atoms with Crippen LogP contribution in [0.15, 0.2) is 53.3 Å². The van der Waals surface area contributed by atoms with E-state index in [1.54, 1.807) is 13.2 Å². The van der Waals surface area contributed by atoms with E-state index in [0.717, 1.165) is 33.9 Å². The number of aromatic nitrogens is 4. The Kier molecular flexibility index (Phi) is 4.60. The van der Waals surface area contributed by atoms with Crippen molar-refractivity contribution >= 4 is 23.1 Å². The van der Waals surface area contributed by atoms with Crippen LogP contribution < -0.4 is 10.3 Å². The Labute approximate surface area is 167 Å². The van der Waals surface area contributed by atoms with Crippen molar-refractivity contribution in [1.29, 1.82) is 0 Å². The Balaban J connectivity index is 1.85. The van der Waals surface area contributed by atoms with Gasteiger partial charge in [0.05, 0.1) is 41.6 Å². The van der Waals surface area contributed by atoms with Crippen LogP contribution in [0.25, 0.3) is 16.6 Å². The van der Waals surface area contributed by atoms with Crippen molar-refractivity contribution in [2.24, 2.45) is 0 Å². The van der Waals surface area contributed by atoms with E-state index >= 15 is 0 Å². The van der Waals surface area contributed by atoms with E-state index in [0.29, 0.717) is 16.7 Å². The molecule has 0 unspecified atom stereocenters. The van der Waals surface area contributed by atoms with Gasteiger partial charge in [-0.15, -0.1) is 0 Å². The lowest BCUT2D eigenvalue weighted by Gasteiger charge is -2.10. The van der Waals surface area contributed by atoms with E-state index in [2.05, 4.69) is 10.1 Å². The van der Waals surface area contributed by atoms with Crippen LogP contribution in [0.3, 0.4) is 0 Å². The summed E-state index contributed by atoms with van der Waals surface area (Å²) >= 11 is 5.49. The lowest BCUT2D eigenvalue weighted by Crippen LogP contribution is -2.21. The zero-order valence-corrected chi connectivity index (χ0v) is 16.7. The monoisotopic (exact) mass is 392 g/mol. The summed E-state index contributed by atoms with van der Waals surface area (Å²) in [4.78, 5) is 16.3. The normalized spacial score (nSPS) is 11.1. The van der Waals surface area contributed by atoms with Crippen LogP contribution in [0.2, 0.25) is 0 Å². The summed E-state index contributed by atoms with van der Waals surface area (Å²) in [6.45, 7) is 4.41. The maximum absolute atomic E-state index is 13.1. The summed E-state index contributed by atoms with van der Waals surface area (Å²) < 4.78 is 9.08. The standard InChI is InChI=1S/C21H20N4O2S/c1-13-19(25-20(26)17-9-4-5-10-18(17)22-21(25)28)14(2)24(23-13)12-15-7-6-8-16(11-15)27-3/h4-11H,12H2,1-3H3,(H,22,28). The number of ether oxygens (including phenoxy) is 1. The van der Waals surface area contributed by atoms with Crippen molar-refractivity contribution in [2.75, 3.05) is 7.11 Å². The summed E-state index contributed by atoms with van der Waals surface area (Å²) in [7, 11) is 1.65. The van der Waals surface area contributed by atoms with Gasteiger partial charge < -0.3 is 9.72 Å². The summed E-state index contributed by atoms with van der Waals surface area (Å²) in [6, 6.07) is 15.2. The predicted molar refractivity (Wildman–Crippen MR) is 112 cm³/mol. The minimum absolute atomic E-state index is 0.147. The van der Waals surface area contributed by atoms with Crippen molar-refractivity contribution in [2.45, 2.75) is 20.4 Å². The second kappa shape index (κ2) is 7.09. The molecule has 0 saturated carbocycles. The number of rotatable bonds is 4. The first-order chi connectivity index (χ1) is 13.5. The fraction of sp³-hybridized carbons (Fsp3) is 0.190. The lowest BCUT2D eigenvalue weighted by atomic mass is 10.2. The minimum atomic E-state index is -0.147. The largest absolute Gasteiger partial charge is 0.497 e. The molecule has 2 aromatic carbocycles. The fourth-order valence-electron chi connectivity index (χ4n) is 3.47. The molecule has 0 spiro atoms. The van der Waals surface area contributed by atoms with Crippen LogP contribution >= 0.6 is 12.2 Å². The minimum Gasteiger partial charge on any atom is -0.497 e. The Bertz CT molecular complexity index is 1300. The average Bonchev–Trinajstić information content (AvgIpc) is 2.96. The SMILES string of the molecule is COc1cccc(Cn2nc(C)c(-n3c(=S)[nH]c4ccccc4c3=O)c2C)c1. The Morgan fingerprint density at radius 2 is 1.93 bits per heavy atom. The molecule has 0 saturated heterocycles. The van der Waals surface area contributed by atoms with E-state index in [1.807, 2.05) is 61.0 Å². The molecule has 0 bridgehead atoms. The van der Waals surface area contributed by atoms with E-state index in [9.17, 15) is 4.79 Å². The number of H-pyrrole nitrogens is 1.